The van der Waals surface area contributed by atoms with Crippen molar-refractivity contribution in [2.24, 2.45) is 0 Å². The minimum Gasteiger partial charge on any atom is -0.462 e. The van der Waals surface area contributed by atoms with Crippen molar-refractivity contribution in [1.29, 1.82) is 0 Å². The van der Waals surface area contributed by atoms with Gasteiger partial charge < -0.3 is 9.64 Å². The van der Waals surface area contributed by atoms with Crippen LogP contribution in [0.15, 0.2) is 47.5 Å². The van der Waals surface area contributed by atoms with Crippen molar-refractivity contribution in [3.63, 3.8) is 0 Å². The molecule has 28 heavy (non-hydrogen) atoms. The maximum atomic E-state index is 13.0. The first-order chi connectivity index (χ1) is 13.4. The minimum atomic E-state index is -3.68. The van der Waals surface area contributed by atoms with Crippen molar-refractivity contribution in [2.75, 3.05) is 24.6 Å². The van der Waals surface area contributed by atoms with E-state index in [2.05, 4.69) is 9.71 Å². The van der Waals surface area contributed by atoms with E-state index in [1.54, 1.807) is 19.1 Å². The highest BCUT2D eigenvalue weighted by Crippen LogP contribution is 2.20. The lowest BCUT2D eigenvalue weighted by atomic mass is 10.1. The fourth-order valence-corrected chi connectivity index (χ4v) is 4.34. The number of pyridine rings is 1. The third-order valence-electron chi connectivity index (χ3n) is 4.52. The van der Waals surface area contributed by atoms with E-state index in [-0.39, 0.29) is 10.9 Å². The molecular formula is C19H22FN3O4S. The number of aromatic nitrogens is 1. The Bertz CT molecular complexity index is 909. The number of carbonyl (C=O) groups excluding carboxylic acids is 1. The van der Waals surface area contributed by atoms with Gasteiger partial charge in [-0.25, -0.2) is 27.3 Å². The summed E-state index contributed by atoms with van der Waals surface area (Å²) in [6, 6.07) is 7.99. The number of hydrogen-bond donors (Lipinski definition) is 1. The molecule has 2 heterocycles. The number of halogens is 1. The van der Waals surface area contributed by atoms with E-state index in [1.165, 1.54) is 18.3 Å². The second kappa shape index (κ2) is 8.66. The summed E-state index contributed by atoms with van der Waals surface area (Å²) in [7, 11) is -3.68. The number of hydrogen-bond acceptors (Lipinski definition) is 6. The van der Waals surface area contributed by atoms with Crippen LogP contribution in [0.2, 0.25) is 0 Å². The third kappa shape index (κ3) is 4.85. The Kier molecular flexibility index (Phi) is 6.25. The number of benzene rings is 1. The number of sulfonamides is 1. The van der Waals surface area contributed by atoms with E-state index in [0.717, 1.165) is 18.0 Å². The molecule has 1 N–H and O–H groups in total. The molecule has 1 aromatic carbocycles. The van der Waals surface area contributed by atoms with E-state index in [1.807, 2.05) is 4.90 Å². The summed E-state index contributed by atoms with van der Waals surface area (Å²) < 4.78 is 45.4. The summed E-state index contributed by atoms with van der Waals surface area (Å²) in [6.45, 7) is 3.31. The molecule has 1 fully saturated rings. The summed E-state index contributed by atoms with van der Waals surface area (Å²) in [5, 5.41) is 0. The molecule has 0 bridgehead atoms. The van der Waals surface area contributed by atoms with Gasteiger partial charge in [0.15, 0.2) is 0 Å². The van der Waals surface area contributed by atoms with Gasteiger partial charge in [-0.1, -0.05) is 0 Å². The molecule has 0 saturated carbocycles. The van der Waals surface area contributed by atoms with Gasteiger partial charge in [0.2, 0.25) is 10.0 Å². The number of esters is 1. The molecule has 1 aliphatic heterocycles. The zero-order valence-electron chi connectivity index (χ0n) is 15.5. The van der Waals surface area contributed by atoms with E-state index in [4.69, 9.17) is 4.74 Å². The largest absolute Gasteiger partial charge is 0.462 e. The van der Waals surface area contributed by atoms with E-state index in [9.17, 15) is 17.6 Å². The molecule has 0 aliphatic carbocycles. The zero-order valence-corrected chi connectivity index (χ0v) is 16.3. The lowest BCUT2D eigenvalue weighted by molar-refractivity contribution is 0.0526. The molecule has 9 heteroatoms. The van der Waals surface area contributed by atoms with Crippen LogP contribution in [-0.4, -0.2) is 45.1 Å². The number of ether oxygens (including phenoxy) is 1. The fraction of sp³-hybridized carbons (Fsp3) is 0.368. The van der Waals surface area contributed by atoms with Gasteiger partial charge in [0, 0.05) is 25.3 Å². The first-order valence-corrected chi connectivity index (χ1v) is 10.5. The summed E-state index contributed by atoms with van der Waals surface area (Å²) in [6.07, 6.45) is 2.71. The Morgan fingerprint density at radius 2 is 1.89 bits per heavy atom. The number of carbonyl (C=O) groups is 1. The van der Waals surface area contributed by atoms with Crippen molar-refractivity contribution in [2.45, 2.75) is 30.7 Å². The van der Waals surface area contributed by atoms with Gasteiger partial charge in [-0.2, -0.15) is 0 Å². The molecule has 0 spiro atoms. The molecule has 0 amide bonds. The highest BCUT2D eigenvalue weighted by Gasteiger charge is 2.25. The van der Waals surface area contributed by atoms with Crippen molar-refractivity contribution in [1.82, 2.24) is 9.71 Å². The van der Waals surface area contributed by atoms with Crippen LogP contribution in [0.1, 0.15) is 30.1 Å². The minimum absolute atomic E-state index is 0.0487. The average molecular weight is 407 g/mol. The van der Waals surface area contributed by atoms with Crippen LogP contribution in [0.3, 0.4) is 0 Å². The van der Waals surface area contributed by atoms with Crippen molar-refractivity contribution < 1.29 is 22.3 Å². The van der Waals surface area contributed by atoms with Gasteiger partial charge in [0.25, 0.3) is 0 Å². The number of nitrogens with zero attached hydrogens (tertiary/aromatic N) is 2. The molecule has 7 nitrogen and oxygen atoms in total. The maximum absolute atomic E-state index is 13.0. The molecule has 1 aliphatic rings. The SMILES string of the molecule is CCOC(=O)c1ccc(N2CCC(NS(=O)(=O)c3ccc(F)cc3)CC2)nc1. The molecule has 0 atom stereocenters. The second-order valence-corrected chi connectivity index (χ2v) is 8.18. The highest BCUT2D eigenvalue weighted by molar-refractivity contribution is 7.89. The standard InChI is InChI=1S/C19H22FN3O4S/c1-2-27-19(24)14-3-8-18(21-13-14)23-11-9-16(10-12-23)22-28(25,26)17-6-4-15(20)5-7-17/h3-8,13,16,22H,2,9-12H2,1H3. The Morgan fingerprint density at radius 1 is 1.21 bits per heavy atom. The van der Waals surface area contributed by atoms with E-state index >= 15 is 0 Å². The first kappa shape index (κ1) is 20.2. The van der Waals surface area contributed by atoms with Gasteiger partial charge in [-0.15, -0.1) is 0 Å². The van der Waals surface area contributed by atoms with Crippen LogP contribution in [0.25, 0.3) is 0 Å². The van der Waals surface area contributed by atoms with Crippen molar-refractivity contribution in [3.8, 4) is 0 Å². The predicted molar refractivity (Wildman–Crippen MR) is 102 cm³/mol. The molecule has 0 unspecified atom stereocenters. The van der Waals surface area contributed by atoms with Crippen LogP contribution < -0.4 is 9.62 Å². The molecule has 150 valence electrons. The topological polar surface area (TPSA) is 88.6 Å². The van der Waals surface area contributed by atoms with Gasteiger partial charge in [0.1, 0.15) is 11.6 Å². The maximum Gasteiger partial charge on any atom is 0.339 e. The average Bonchev–Trinajstić information content (AvgIpc) is 2.69. The Balaban J connectivity index is 1.57. The lowest BCUT2D eigenvalue weighted by Crippen LogP contribution is -2.44. The van der Waals surface area contributed by atoms with Crippen molar-refractivity contribution >= 4 is 21.8 Å². The smallest absolute Gasteiger partial charge is 0.339 e. The lowest BCUT2D eigenvalue weighted by Gasteiger charge is -2.33. The van der Waals surface area contributed by atoms with Crippen molar-refractivity contribution in [3.05, 3.63) is 54.0 Å². The van der Waals surface area contributed by atoms with Gasteiger partial charge in [0.05, 0.1) is 17.1 Å². The fourth-order valence-electron chi connectivity index (χ4n) is 3.04. The summed E-state index contributed by atoms with van der Waals surface area (Å²) >= 11 is 0. The first-order valence-electron chi connectivity index (χ1n) is 9.05. The normalized spacial score (nSPS) is 15.4. The monoisotopic (exact) mass is 407 g/mol. The van der Waals surface area contributed by atoms with Crippen LogP contribution in [0.4, 0.5) is 10.2 Å². The van der Waals surface area contributed by atoms with Crippen LogP contribution >= 0.6 is 0 Å². The van der Waals surface area contributed by atoms with Crippen LogP contribution in [0, 0.1) is 5.82 Å². The molecule has 0 radical (unpaired) electrons. The number of rotatable bonds is 6. The summed E-state index contributed by atoms with van der Waals surface area (Å²) in [5.41, 5.74) is 0.396. The second-order valence-electron chi connectivity index (χ2n) is 6.46. The molecule has 3 rings (SSSR count). The van der Waals surface area contributed by atoms with E-state index < -0.39 is 21.8 Å². The number of nitrogens with one attached hydrogen (secondary N) is 1. The summed E-state index contributed by atoms with van der Waals surface area (Å²) in [4.78, 5) is 18.1. The van der Waals surface area contributed by atoms with Crippen LogP contribution in [-0.2, 0) is 14.8 Å². The molecular weight excluding hydrogens is 385 g/mol. The molecule has 1 saturated heterocycles. The van der Waals surface area contributed by atoms with Gasteiger partial charge in [-0.05, 0) is 56.2 Å². The molecule has 1 aromatic heterocycles. The zero-order chi connectivity index (χ0) is 20.1. The predicted octanol–water partition coefficient (Wildman–Crippen LogP) is 2.34. The highest BCUT2D eigenvalue weighted by atomic mass is 32.2. The Labute approximate surface area is 163 Å². The van der Waals surface area contributed by atoms with Gasteiger partial charge >= 0.3 is 5.97 Å². The van der Waals surface area contributed by atoms with Gasteiger partial charge in [-0.3, -0.25) is 0 Å². The van der Waals surface area contributed by atoms with E-state index in [0.29, 0.717) is 38.1 Å². The molecule has 2 aromatic rings. The number of piperidine rings is 1. The van der Waals surface area contributed by atoms with Crippen LogP contribution in [0.5, 0.6) is 0 Å². The third-order valence-corrected chi connectivity index (χ3v) is 6.06. The quantitative estimate of drug-likeness (QED) is 0.740. The Morgan fingerprint density at radius 3 is 2.46 bits per heavy atom. The summed E-state index contributed by atoms with van der Waals surface area (Å²) in [5.74, 6) is -0.155. The number of anilines is 1. The Hall–Kier alpha value is -2.52.